The van der Waals surface area contributed by atoms with Gasteiger partial charge in [-0.15, -0.1) is 0 Å². The van der Waals surface area contributed by atoms with Crippen LogP contribution in [0.3, 0.4) is 0 Å². The summed E-state index contributed by atoms with van der Waals surface area (Å²) in [5.74, 6) is -0.147. The lowest BCUT2D eigenvalue weighted by Crippen LogP contribution is -2.14. The van der Waals surface area contributed by atoms with E-state index in [1.807, 2.05) is 31.3 Å². The number of nitrogens with zero attached hydrogens (tertiary/aromatic N) is 2. The van der Waals surface area contributed by atoms with Crippen molar-refractivity contribution in [1.82, 2.24) is 15.1 Å². The maximum absolute atomic E-state index is 12.0. The molecule has 5 heteroatoms. The number of hydrogen-bond donors (Lipinski definition) is 2. The Balaban J connectivity index is 2.16. The van der Waals surface area contributed by atoms with Crippen molar-refractivity contribution >= 4 is 11.6 Å². The van der Waals surface area contributed by atoms with E-state index in [0.29, 0.717) is 12.1 Å². The number of nitrogens with one attached hydrogen (secondary N) is 2. The molecule has 0 saturated heterocycles. The van der Waals surface area contributed by atoms with E-state index < -0.39 is 0 Å². The third kappa shape index (κ3) is 2.75. The van der Waals surface area contributed by atoms with E-state index in [-0.39, 0.29) is 5.91 Å². The SMILES string of the molecule is CNCc1ccccc1NC(=O)c1cnn(C)c1. The second-order valence-corrected chi connectivity index (χ2v) is 4.04. The second-order valence-electron chi connectivity index (χ2n) is 4.04. The molecule has 1 heterocycles. The van der Waals surface area contributed by atoms with Crippen LogP contribution in [-0.4, -0.2) is 22.7 Å². The molecule has 0 aliphatic rings. The van der Waals surface area contributed by atoms with Crippen molar-refractivity contribution in [2.75, 3.05) is 12.4 Å². The Bertz CT molecular complexity index is 547. The van der Waals surface area contributed by atoms with Gasteiger partial charge in [-0.25, -0.2) is 0 Å². The van der Waals surface area contributed by atoms with Crippen molar-refractivity contribution < 1.29 is 4.79 Å². The maximum Gasteiger partial charge on any atom is 0.258 e. The molecule has 0 saturated carbocycles. The van der Waals surface area contributed by atoms with Gasteiger partial charge in [0.15, 0.2) is 0 Å². The Morgan fingerprint density at radius 3 is 2.83 bits per heavy atom. The fourth-order valence-electron chi connectivity index (χ4n) is 1.72. The van der Waals surface area contributed by atoms with Gasteiger partial charge < -0.3 is 10.6 Å². The molecule has 0 fully saturated rings. The van der Waals surface area contributed by atoms with E-state index in [2.05, 4.69) is 15.7 Å². The zero-order chi connectivity index (χ0) is 13.0. The Hall–Kier alpha value is -2.14. The topological polar surface area (TPSA) is 58.9 Å². The highest BCUT2D eigenvalue weighted by Gasteiger charge is 2.09. The fraction of sp³-hybridized carbons (Fsp3) is 0.231. The normalized spacial score (nSPS) is 10.3. The standard InChI is InChI=1S/C13H16N4O/c1-14-7-10-5-3-4-6-12(10)16-13(18)11-8-15-17(2)9-11/h3-6,8-9,14H,7H2,1-2H3,(H,16,18). The molecule has 1 aromatic carbocycles. The summed E-state index contributed by atoms with van der Waals surface area (Å²) in [6.07, 6.45) is 3.24. The summed E-state index contributed by atoms with van der Waals surface area (Å²) >= 11 is 0. The summed E-state index contributed by atoms with van der Waals surface area (Å²) in [4.78, 5) is 12.0. The highest BCUT2D eigenvalue weighted by atomic mass is 16.1. The largest absolute Gasteiger partial charge is 0.322 e. The predicted molar refractivity (Wildman–Crippen MR) is 70.4 cm³/mol. The van der Waals surface area contributed by atoms with Crippen LogP contribution in [0.5, 0.6) is 0 Å². The smallest absolute Gasteiger partial charge is 0.258 e. The molecule has 2 rings (SSSR count). The third-order valence-corrected chi connectivity index (χ3v) is 2.60. The number of carbonyl (C=O) groups is 1. The van der Waals surface area contributed by atoms with Crippen molar-refractivity contribution in [3.8, 4) is 0 Å². The van der Waals surface area contributed by atoms with Crippen molar-refractivity contribution in [1.29, 1.82) is 0 Å². The number of anilines is 1. The summed E-state index contributed by atoms with van der Waals surface area (Å²) in [7, 11) is 3.66. The first kappa shape index (κ1) is 12.3. The first-order valence-corrected chi connectivity index (χ1v) is 5.73. The molecular formula is C13H16N4O. The van der Waals surface area contributed by atoms with Gasteiger partial charge in [0.05, 0.1) is 11.8 Å². The highest BCUT2D eigenvalue weighted by molar-refractivity contribution is 6.04. The van der Waals surface area contributed by atoms with Gasteiger partial charge in [-0.05, 0) is 18.7 Å². The van der Waals surface area contributed by atoms with E-state index in [0.717, 1.165) is 11.3 Å². The van der Waals surface area contributed by atoms with Gasteiger partial charge in [0.1, 0.15) is 0 Å². The first-order valence-electron chi connectivity index (χ1n) is 5.73. The number of amides is 1. The number of benzene rings is 1. The number of aryl methyl sites for hydroxylation is 1. The zero-order valence-corrected chi connectivity index (χ0v) is 10.5. The summed E-state index contributed by atoms with van der Waals surface area (Å²) < 4.78 is 1.61. The van der Waals surface area contributed by atoms with Gasteiger partial charge in [0.2, 0.25) is 0 Å². The lowest BCUT2D eigenvalue weighted by Gasteiger charge is -2.09. The van der Waals surface area contributed by atoms with E-state index in [1.54, 1.807) is 24.1 Å². The van der Waals surface area contributed by atoms with Gasteiger partial charge in [0.25, 0.3) is 5.91 Å². The monoisotopic (exact) mass is 244 g/mol. The maximum atomic E-state index is 12.0. The zero-order valence-electron chi connectivity index (χ0n) is 10.5. The Morgan fingerprint density at radius 2 is 2.17 bits per heavy atom. The van der Waals surface area contributed by atoms with Gasteiger partial charge in [-0.2, -0.15) is 5.10 Å². The number of rotatable bonds is 4. The molecule has 1 amide bonds. The van der Waals surface area contributed by atoms with Gasteiger partial charge in [-0.3, -0.25) is 9.48 Å². The van der Waals surface area contributed by atoms with Crippen LogP contribution in [-0.2, 0) is 13.6 Å². The van der Waals surface area contributed by atoms with Crippen molar-refractivity contribution in [3.63, 3.8) is 0 Å². The van der Waals surface area contributed by atoms with Crippen LogP contribution in [0.25, 0.3) is 0 Å². The molecule has 0 atom stereocenters. The molecule has 0 bridgehead atoms. The highest BCUT2D eigenvalue weighted by Crippen LogP contribution is 2.15. The number of aromatic nitrogens is 2. The minimum Gasteiger partial charge on any atom is -0.322 e. The Labute approximate surface area is 106 Å². The molecule has 0 radical (unpaired) electrons. The van der Waals surface area contributed by atoms with E-state index in [1.165, 1.54) is 0 Å². The van der Waals surface area contributed by atoms with Gasteiger partial charge >= 0.3 is 0 Å². The lowest BCUT2D eigenvalue weighted by molar-refractivity contribution is 0.102. The number of carbonyl (C=O) groups excluding carboxylic acids is 1. The molecule has 1 aromatic heterocycles. The molecule has 5 nitrogen and oxygen atoms in total. The van der Waals surface area contributed by atoms with Crippen LogP contribution in [0.4, 0.5) is 5.69 Å². The van der Waals surface area contributed by atoms with Crippen LogP contribution in [0, 0.1) is 0 Å². The molecule has 94 valence electrons. The third-order valence-electron chi connectivity index (χ3n) is 2.60. The van der Waals surface area contributed by atoms with Crippen LogP contribution in [0.15, 0.2) is 36.7 Å². The molecule has 0 aliphatic carbocycles. The molecule has 0 unspecified atom stereocenters. The summed E-state index contributed by atoms with van der Waals surface area (Å²) in [5, 5.41) is 9.95. The second kappa shape index (κ2) is 5.46. The molecular weight excluding hydrogens is 228 g/mol. The average Bonchev–Trinajstić information content (AvgIpc) is 2.79. The van der Waals surface area contributed by atoms with Gasteiger partial charge in [0, 0.05) is 25.5 Å². The van der Waals surface area contributed by atoms with Crippen molar-refractivity contribution in [2.45, 2.75) is 6.54 Å². The van der Waals surface area contributed by atoms with Gasteiger partial charge in [-0.1, -0.05) is 18.2 Å². The van der Waals surface area contributed by atoms with Crippen LogP contribution >= 0.6 is 0 Å². The minimum absolute atomic E-state index is 0.147. The average molecular weight is 244 g/mol. The lowest BCUT2D eigenvalue weighted by atomic mass is 10.1. The molecule has 0 aliphatic heterocycles. The molecule has 0 spiro atoms. The van der Waals surface area contributed by atoms with Crippen molar-refractivity contribution in [3.05, 3.63) is 47.8 Å². The Morgan fingerprint density at radius 1 is 1.39 bits per heavy atom. The number of hydrogen-bond acceptors (Lipinski definition) is 3. The first-order chi connectivity index (χ1) is 8.70. The van der Waals surface area contributed by atoms with Crippen LogP contribution < -0.4 is 10.6 Å². The Kier molecular flexibility index (Phi) is 3.74. The quantitative estimate of drug-likeness (QED) is 0.854. The molecule has 18 heavy (non-hydrogen) atoms. The number of para-hydroxylation sites is 1. The van der Waals surface area contributed by atoms with Crippen LogP contribution in [0.1, 0.15) is 15.9 Å². The summed E-state index contributed by atoms with van der Waals surface area (Å²) in [6, 6.07) is 7.72. The molecule has 2 aromatic rings. The fourth-order valence-corrected chi connectivity index (χ4v) is 1.72. The minimum atomic E-state index is -0.147. The van der Waals surface area contributed by atoms with Crippen molar-refractivity contribution in [2.24, 2.45) is 7.05 Å². The predicted octanol–water partition coefficient (Wildman–Crippen LogP) is 1.39. The molecule has 2 N–H and O–H groups in total. The van der Waals surface area contributed by atoms with E-state index in [4.69, 9.17) is 0 Å². The summed E-state index contributed by atoms with van der Waals surface area (Å²) in [6.45, 7) is 0.712. The van der Waals surface area contributed by atoms with E-state index in [9.17, 15) is 4.79 Å². The summed E-state index contributed by atoms with van der Waals surface area (Å²) in [5.41, 5.74) is 2.43. The van der Waals surface area contributed by atoms with Crippen LogP contribution in [0.2, 0.25) is 0 Å². The van der Waals surface area contributed by atoms with E-state index >= 15 is 0 Å².